The third kappa shape index (κ3) is 3.53. The van der Waals surface area contributed by atoms with Gasteiger partial charge in [0.05, 0.1) is 24.7 Å². The van der Waals surface area contributed by atoms with Gasteiger partial charge < -0.3 is 14.6 Å². The van der Waals surface area contributed by atoms with Gasteiger partial charge in [-0.2, -0.15) is 0 Å². The number of carbonyl (C=O) groups is 3. The molecule has 19 heavy (non-hydrogen) atoms. The zero-order valence-electron chi connectivity index (χ0n) is 11.5. The van der Waals surface area contributed by atoms with Gasteiger partial charge in [0.25, 0.3) is 0 Å². The normalized spacial score (nSPS) is 30.8. The Balaban J connectivity index is 2.88. The molecule has 6 nitrogen and oxygen atoms in total. The number of carbonyl (C=O) groups excluding carboxylic acids is 3. The first-order chi connectivity index (χ1) is 8.83. The van der Waals surface area contributed by atoms with Crippen LogP contribution in [-0.4, -0.2) is 41.6 Å². The Morgan fingerprint density at radius 3 is 2.32 bits per heavy atom. The molecule has 6 heteroatoms. The van der Waals surface area contributed by atoms with Crippen LogP contribution in [0, 0.1) is 11.8 Å². The minimum absolute atomic E-state index is 0.0660. The van der Waals surface area contributed by atoms with Crippen molar-refractivity contribution in [2.45, 2.75) is 39.2 Å². The second kappa shape index (κ2) is 6.14. The molecule has 0 spiro atoms. The van der Waals surface area contributed by atoms with Gasteiger partial charge in [-0.25, -0.2) is 0 Å². The van der Waals surface area contributed by atoms with Crippen molar-refractivity contribution in [3.05, 3.63) is 0 Å². The topological polar surface area (TPSA) is 89.9 Å². The average Bonchev–Trinajstić information content (AvgIpc) is 2.28. The first-order valence-electron chi connectivity index (χ1n) is 6.41. The molecular formula is C13H20O6. The lowest BCUT2D eigenvalue weighted by molar-refractivity contribution is -0.169. The Hall–Kier alpha value is -1.43. The van der Waals surface area contributed by atoms with E-state index in [0.29, 0.717) is 0 Å². The van der Waals surface area contributed by atoms with Crippen LogP contribution in [0.4, 0.5) is 0 Å². The first kappa shape index (κ1) is 15.6. The van der Waals surface area contributed by atoms with Gasteiger partial charge in [-0.05, 0) is 27.2 Å². The highest BCUT2D eigenvalue weighted by molar-refractivity contribution is 6.01. The molecule has 0 amide bonds. The molecule has 0 unspecified atom stereocenters. The van der Waals surface area contributed by atoms with Gasteiger partial charge in [0.1, 0.15) is 11.7 Å². The predicted molar refractivity (Wildman–Crippen MR) is 65.1 cm³/mol. The molecule has 3 atom stereocenters. The third-order valence-corrected chi connectivity index (χ3v) is 3.29. The summed E-state index contributed by atoms with van der Waals surface area (Å²) in [6.45, 7) is 5.06. The van der Waals surface area contributed by atoms with Crippen LogP contribution in [-0.2, 0) is 23.9 Å². The van der Waals surface area contributed by atoms with E-state index in [-0.39, 0.29) is 26.1 Å². The first-order valence-corrected chi connectivity index (χ1v) is 6.41. The lowest BCUT2D eigenvalue weighted by atomic mass is 9.71. The number of rotatable bonds is 4. The molecule has 1 aliphatic carbocycles. The summed E-state index contributed by atoms with van der Waals surface area (Å²) in [6, 6.07) is 0. The van der Waals surface area contributed by atoms with E-state index in [4.69, 9.17) is 9.47 Å². The summed E-state index contributed by atoms with van der Waals surface area (Å²) in [4.78, 5) is 35.3. The second-order valence-corrected chi connectivity index (χ2v) is 4.85. The van der Waals surface area contributed by atoms with Crippen molar-refractivity contribution in [1.29, 1.82) is 0 Å². The Bertz CT molecular complexity index is 373. The highest BCUT2D eigenvalue weighted by Gasteiger charge is 2.50. The molecule has 1 N–H and O–H groups in total. The van der Waals surface area contributed by atoms with Crippen LogP contribution in [0.25, 0.3) is 0 Å². The zero-order chi connectivity index (χ0) is 14.6. The standard InChI is InChI=1S/C13H20O6/c1-4-18-11(15)8-6-9(12(16)19-5-2)13(3,17)7-10(8)14/h8-9,17H,4-7H2,1-3H3/t8-,9+,13+/m1/s1. The number of hydrogen-bond acceptors (Lipinski definition) is 6. The lowest BCUT2D eigenvalue weighted by Crippen LogP contribution is -2.50. The average molecular weight is 272 g/mol. The highest BCUT2D eigenvalue weighted by Crippen LogP contribution is 2.36. The van der Waals surface area contributed by atoms with Crippen molar-refractivity contribution in [3.63, 3.8) is 0 Å². The van der Waals surface area contributed by atoms with Gasteiger partial charge in [-0.15, -0.1) is 0 Å². The molecule has 0 aromatic heterocycles. The SMILES string of the molecule is CCOC(=O)[C@@H]1C[C@@H](C(=O)OCC)[C@@](C)(O)CC1=O. The second-order valence-electron chi connectivity index (χ2n) is 4.85. The fourth-order valence-electron chi connectivity index (χ4n) is 2.28. The number of Topliss-reactive ketones (excluding diaryl/α,β-unsaturated/α-hetero) is 1. The monoisotopic (exact) mass is 272 g/mol. The van der Waals surface area contributed by atoms with Gasteiger partial charge in [-0.1, -0.05) is 0 Å². The summed E-state index contributed by atoms with van der Waals surface area (Å²) < 4.78 is 9.69. The Labute approximate surface area is 112 Å². The van der Waals surface area contributed by atoms with Crippen LogP contribution in [0.1, 0.15) is 33.6 Å². The Morgan fingerprint density at radius 2 is 1.79 bits per heavy atom. The van der Waals surface area contributed by atoms with E-state index in [0.717, 1.165) is 0 Å². The minimum atomic E-state index is -1.48. The summed E-state index contributed by atoms with van der Waals surface area (Å²) in [5, 5.41) is 10.2. The Kier molecular flexibility index (Phi) is 5.05. The van der Waals surface area contributed by atoms with Gasteiger partial charge in [-0.3, -0.25) is 14.4 Å². The quantitative estimate of drug-likeness (QED) is 0.590. The molecule has 0 bridgehead atoms. The van der Waals surface area contributed by atoms with E-state index in [2.05, 4.69) is 0 Å². The molecule has 0 aromatic rings. The largest absolute Gasteiger partial charge is 0.466 e. The van der Waals surface area contributed by atoms with E-state index < -0.39 is 35.2 Å². The molecule has 0 heterocycles. The third-order valence-electron chi connectivity index (χ3n) is 3.29. The summed E-state index contributed by atoms with van der Waals surface area (Å²) in [5.41, 5.74) is -1.48. The van der Waals surface area contributed by atoms with Crippen molar-refractivity contribution < 1.29 is 29.0 Å². The van der Waals surface area contributed by atoms with Crippen LogP contribution in [0.2, 0.25) is 0 Å². The van der Waals surface area contributed by atoms with Gasteiger partial charge in [0.15, 0.2) is 0 Å². The van der Waals surface area contributed by atoms with E-state index >= 15 is 0 Å². The summed E-state index contributed by atoms with van der Waals surface area (Å²) in [7, 11) is 0. The van der Waals surface area contributed by atoms with Crippen molar-refractivity contribution in [2.24, 2.45) is 11.8 Å². The maximum atomic E-state index is 11.8. The number of ketones is 1. The molecule has 0 aromatic carbocycles. The van der Waals surface area contributed by atoms with Crippen LogP contribution in [0.15, 0.2) is 0 Å². The molecule has 0 aliphatic heterocycles. The smallest absolute Gasteiger partial charge is 0.316 e. The van der Waals surface area contributed by atoms with Crippen LogP contribution in [0.5, 0.6) is 0 Å². The summed E-state index contributed by atoms with van der Waals surface area (Å²) >= 11 is 0. The summed E-state index contributed by atoms with van der Waals surface area (Å²) in [5.74, 6) is -3.51. The molecule has 108 valence electrons. The molecule has 1 aliphatic rings. The molecule has 1 saturated carbocycles. The van der Waals surface area contributed by atoms with E-state index in [9.17, 15) is 19.5 Å². The van der Waals surface area contributed by atoms with Crippen LogP contribution in [0.3, 0.4) is 0 Å². The van der Waals surface area contributed by atoms with Crippen molar-refractivity contribution in [3.8, 4) is 0 Å². The zero-order valence-corrected chi connectivity index (χ0v) is 11.5. The molecule has 0 saturated heterocycles. The van der Waals surface area contributed by atoms with E-state index in [1.165, 1.54) is 6.92 Å². The van der Waals surface area contributed by atoms with Crippen molar-refractivity contribution in [1.82, 2.24) is 0 Å². The summed E-state index contributed by atoms with van der Waals surface area (Å²) in [6.07, 6.45) is -0.316. The van der Waals surface area contributed by atoms with Crippen molar-refractivity contribution >= 4 is 17.7 Å². The highest BCUT2D eigenvalue weighted by atomic mass is 16.5. The van der Waals surface area contributed by atoms with Crippen LogP contribution >= 0.6 is 0 Å². The van der Waals surface area contributed by atoms with Crippen molar-refractivity contribution in [2.75, 3.05) is 13.2 Å². The lowest BCUT2D eigenvalue weighted by Gasteiger charge is -2.37. The fourth-order valence-corrected chi connectivity index (χ4v) is 2.28. The van der Waals surface area contributed by atoms with E-state index in [1.54, 1.807) is 13.8 Å². The minimum Gasteiger partial charge on any atom is -0.466 e. The number of ether oxygens (including phenoxy) is 2. The maximum Gasteiger partial charge on any atom is 0.316 e. The van der Waals surface area contributed by atoms with Gasteiger partial charge in [0.2, 0.25) is 0 Å². The molecule has 0 radical (unpaired) electrons. The van der Waals surface area contributed by atoms with E-state index in [1.807, 2.05) is 0 Å². The van der Waals surface area contributed by atoms with Gasteiger partial charge in [0, 0.05) is 6.42 Å². The molecule has 1 rings (SSSR count). The predicted octanol–water partition coefficient (Wildman–Crippen LogP) is 0.459. The number of hydrogen-bond donors (Lipinski definition) is 1. The fraction of sp³-hybridized carbons (Fsp3) is 0.769. The number of aliphatic hydroxyl groups is 1. The maximum absolute atomic E-state index is 11.8. The van der Waals surface area contributed by atoms with Gasteiger partial charge >= 0.3 is 11.9 Å². The Morgan fingerprint density at radius 1 is 1.26 bits per heavy atom. The molecule has 1 fully saturated rings. The number of esters is 2. The molecular weight excluding hydrogens is 252 g/mol. The van der Waals surface area contributed by atoms with Crippen LogP contribution < -0.4 is 0 Å².